The van der Waals surface area contributed by atoms with Gasteiger partial charge in [0.25, 0.3) is 0 Å². The fraction of sp³-hybridized carbons (Fsp3) is 0.647. The normalized spacial score (nSPS) is 14.9. The van der Waals surface area contributed by atoms with Gasteiger partial charge in [-0.05, 0) is 30.4 Å². The molecule has 1 aliphatic heterocycles. The minimum absolute atomic E-state index is 0.0105. The van der Waals surface area contributed by atoms with Crippen LogP contribution in [0.1, 0.15) is 45.4 Å². The molecule has 122 valence electrons. The number of nitrogens with zero attached hydrogens (tertiary/aromatic N) is 2. The lowest BCUT2D eigenvalue weighted by atomic mass is 9.89. The van der Waals surface area contributed by atoms with Crippen molar-refractivity contribution in [3.8, 4) is 0 Å². The summed E-state index contributed by atoms with van der Waals surface area (Å²) >= 11 is 0. The molecular weight excluding hydrogens is 280 g/mol. The van der Waals surface area contributed by atoms with E-state index < -0.39 is 5.41 Å². The van der Waals surface area contributed by atoms with Crippen LogP contribution in [0.15, 0.2) is 12.1 Å². The lowest BCUT2D eigenvalue weighted by Gasteiger charge is -2.30. The number of ether oxygens (including phenoxy) is 1. The Balaban J connectivity index is 2.28. The lowest BCUT2D eigenvalue weighted by molar-refractivity contribution is 0.139. The summed E-state index contributed by atoms with van der Waals surface area (Å²) < 4.78 is 5.35. The Hall–Kier alpha value is -1.62. The zero-order valence-corrected chi connectivity index (χ0v) is 13.9. The minimum atomic E-state index is -0.431. The number of fused-ring (bicyclic) bond motifs is 1. The Bertz CT molecular complexity index is 541. The highest BCUT2D eigenvalue weighted by Crippen LogP contribution is 2.30. The molecule has 22 heavy (non-hydrogen) atoms. The minimum Gasteiger partial charge on any atom is -0.449 e. The van der Waals surface area contributed by atoms with Crippen LogP contribution in [0.5, 0.6) is 0 Å². The average Bonchev–Trinajstić information content (AvgIpc) is 2.51. The number of hydrogen-bond donors (Lipinski definition) is 1. The number of carbonyl (C=O) groups is 1. The Morgan fingerprint density at radius 2 is 2.18 bits per heavy atom. The maximum absolute atomic E-state index is 12.3. The van der Waals surface area contributed by atoms with Crippen molar-refractivity contribution in [3.63, 3.8) is 0 Å². The Kier molecular flexibility index (Phi) is 5.06. The fourth-order valence-electron chi connectivity index (χ4n) is 2.39. The van der Waals surface area contributed by atoms with Crippen LogP contribution in [0.25, 0.3) is 0 Å². The molecule has 1 aliphatic rings. The first-order valence-electron chi connectivity index (χ1n) is 7.90. The van der Waals surface area contributed by atoms with E-state index in [1.165, 1.54) is 0 Å². The van der Waals surface area contributed by atoms with Crippen molar-refractivity contribution in [2.45, 2.75) is 46.0 Å². The zero-order valence-electron chi connectivity index (χ0n) is 13.9. The van der Waals surface area contributed by atoms with Crippen molar-refractivity contribution in [1.29, 1.82) is 0 Å². The predicted molar refractivity (Wildman–Crippen MR) is 86.2 cm³/mol. The van der Waals surface area contributed by atoms with Gasteiger partial charge in [0.1, 0.15) is 5.82 Å². The number of rotatable bonds is 4. The summed E-state index contributed by atoms with van der Waals surface area (Å²) in [5.41, 5.74) is 1.42. The second-order valence-corrected chi connectivity index (χ2v) is 6.95. The van der Waals surface area contributed by atoms with Gasteiger partial charge in [-0.1, -0.05) is 33.8 Å². The van der Waals surface area contributed by atoms with Crippen LogP contribution in [-0.2, 0) is 16.6 Å². The maximum atomic E-state index is 12.3. The van der Waals surface area contributed by atoms with E-state index in [4.69, 9.17) is 4.74 Å². The van der Waals surface area contributed by atoms with Gasteiger partial charge in [-0.15, -0.1) is 0 Å². The van der Waals surface area contributed by atoms with E-state index in [9.17, 15) is 9.90 Å². The zero-order chi connectivity index (χ0) is 16.3. The third-order valence-electron chi connectivity index (χ3n) is 3.89. The number of anilines is 1. The SMILES string of the molecule is CC(C)COC(=O)N1CCCc2ccc(C(C)(C)CO)nc21. The van der Waals surface area contributed by atoms with Crippen LogP contribution in [0.2, 0.25) is 0 Å². The highest BCUT2D eigenvalue weighted by Gasteiger charge is 2.28. The maximum Gasteiger partial charge on any atom is 0.415 e. The molecule has 0 saturated carbocycles. The highest BCUT2D eigenvalue weighted by molar-refractivity contribution is 5.87. The van der Waals surface area contributed by atoms with Crippen molar-refractivity contribution < 1.29 is 14.6 Å². The summed E-state index contributed by atoms with van der Waals surface area (Å²) in [6, 6.07) is 3.95. The number of amides is 1. The molecule has 2 rings (SSSR count). The molecule has 0 unspecified atom stereocenters. The first-order valence-corrected chi connectivity index (χ1v) is 7.90. The van der Waals surface area contributed by atoms with Gasteiger partial charge in [0.15, 0.2) is 0 Å². The molecule has 0 bridgehead atoms. The van der Waals surface area contributed by atoms with Crippen molar-refractivity contribution in [1.82, 2.24) is 4.98 Å². The van der Waals surface area contributed by atoms with Gasteiger partial charge in [0.2, 0.25) is 0 Å². The summed E-state index contributed by atoms with van der Waals surface area (Å²) in [5.74, 6) is 0.986. The van der Waals surface area contributed by atoms with Gasteiger partial charge < -0.3 is 9.84 Å². The van der Waals surface area contributed by atoms with Crippen LogP contribution in [0.4, 0.5) is 10.6 Å². The van der Waals surface area contributed by atoms with Crippen LogP contribution in [0.3, 0.4) is 0 Å². The third kappa shape index (κ3) is 3.58. The summed E-state index contributed by atoms with van der Waals surface area (Å²) in [6.45, 7) is 8.94. The van der Waals surface area contributed by atoms with E-state index >= 15 is 0 Å². The lowest BCUT2D eigenvalue weighted by Crippen LogP contribution is -2.38. The second kappa shape index (κ2) is 6.65. The van der Waals surface area contributed by atoms with Crippen LogP contribution in [-0.4, -0.2) is 35.9 Å². The molecule has 1 aromatic heterocycles. The number of aromatic nitrogens is 1. The van der Waals surface area contributed by atoms with E-state index in [0.29, 0.717) is 24.9 Å². The van der Waals surface area contributed by atoms with E-state index in [1.807, 2.05) is 39.8 Å². The van der Waals surface area contributed by atoms with Crippen LogP contribution >= 0.6 is 0 Å². The fourth-order valence-corrected chi connectivity index (χ4v) is 2.39. The van der Waals surface area contributed by atoms with E-state index in [-0.39, 0.29) is 12.7 Å². The van der Waals surface area contributed by atoms with Crippen molar-refractivity contribution in [2.75, 3.05) is 24.7 Å². The van der Waals surface area contributed by atoms with Crippen LogP contribution < -0.4 is 4.90 Å². The molecule has 0 saturated heterocycles. The second-order valence-electron chi connectivity index (χ2n) is 6.95. The molecule has 1 aromatic rings. The number of aliphatic hydroxyl groups excluding tert-OH is 1. The average molecular weight is 306 g/mol. The van der Waals surface area contributed by atoms with Gasteiger partial charge in [0.05, 0.1) is 18.9 Å². The topological polar surface area (TPSA) is 62.7 Å². The quantitative estimate of drug-likeness (QED) is 0.929. The molecule has 5 heteroatoms. The van der Waals surface area contributed by atoms with Gasteiger partial charge in [-0.2, -0.15) is 0 Å². The van der Waals surface area contributed by atoms with Crippen molar-refractivity contribution in [2.24, 2.45) is 5.92 Å². The Morgan fingerprint density at radius 3 is 2.82 bits per heavy atom. The molecular formula is C17H26N2O3. The summed E-state index contributed by atoms with van der Waals surface area (Å²) in [7, 11) is 0. The molecule has 0 spiro atoms. The Morgan fingerprint density at radius 1 is 1.45 bits per heavy atom. The van der Waals surface area contributed by atoms with E-state index in [1.54, 1.807) is 4.90 Å². The standard InChI is InChI=1S/C17H26N2O3/c1-12(2)10-22-16(21)19-9-5-6-13-7-8-14(18-15(13)19)17(3,4)11-20/h7-8,12,20H,5-6,9-11H2,1-4H3. The molecule has 2 heterocycles. The molecule has 5 nitrogen and oxygen atoms in total. The highest BCUT2D eigenvalue weighted by atomic mass is 16.6. The van der Waals surface area contributed by atoms with Crippen molar-refractivity contribution in [3.05, 3.63) is 23.4 Å². The molecule has 0 aromatic carbocycles. The molecule has 0 atom stereocenters. The van der Waals surface area contributed by atoms with Gasteiger partial charge in [-0.25, -0.2) is 9.78 Å². The number of aliphatic hydroxyl groups is 1. The molecule has 0 aliphatic carbocycles. The van der Waals surface area contributed by atoms with E-state index in [2.05, 4.69) is 4.98 Å². The largest absolute Gasteiger partial charge is 0.449 e. The van der Waals surface area contributed by atoms with Gasteiger partial charge in [-0.3, -0.25) is 4.90 Å². The summed E-state index contributed by atoms with van der Waals surface area (Å²) in [5, 5.41) is 9.53. The molecule has 1 N–H and O–H groups in total. The molecule has 1 amide bonds. The van der Waals surface area contributed by atoms with Crippen LogP contribution in [0, 0.1) is 5.92 Å². The molecule has 0 fully saturated rings. The first-order chi connectivity index (χ1) is 10.3. The van der Waals surface area contributed by atoms with E-state index in [0.717, 1.165) is 24.1 Å². The number of aryl methyl sites for hydroxylation is 1. The number of pyridine rings is 1. The van der Waals surface area contributed by atoms with Gasteiger partial charge in [0, 0.05) is 12.0 Å². The smallest absolute Gasteiger partial charge is 0.415 e. The summed E-state index contributed by atoms with van der Waals surface area (Å²) in [6.07, 6.45) is 1.49. The predicted octanol–water partition coefficient (Wildman–Crippen LogP) is 2.90. The Labute approximate surface area is 132 Å². The monoisotopic (exact) mass is 306 g/mol. The number of carbonyl (C=O) groups excluding carboxylic acids is 1. The van der Waals surface area contributed by atoms with Gasteiger partial charge >= 0.3 is 6.09 Å². The summed E-state index contributed by atoms with van der Waals surface area (Å²) in [4.78, 5) is 18.6. The number of hydrogen-bond acceptors (Lipinski definition) is 4. The first kappa shape index (κ1) is 16.7. The van der Waals surface area contributed by atoms with Crippen molar-refractivity contribution >= 4 is 11.9 Å². The third-order valence-corrected chi connectivity index (χ3v) is 3.89. The molecule has 0 radical (unpaired) electrons.